The molecule has 25 heavy (non-hydrogen) atoms. The predicted molar refractivity (Wildman–Crippen MR) is 93.2 cm³/mol. The van der Waals surface area contributed by atoms with Crippen LogP contribution in [0.5, 0.6) is 0 Å². The molecule has 134 valence electrons. The highest BCUT2D eigenvalue weighted by molar-refractivity contribution is 6.38. The lowest BCUT2D eigenvalue weighted by atomic mass is 9.87. The van der Waals surface area contributed by atoms with Crippen LogP contribution in [0.15, 0.2) is 12.1 Å². The van der Waals surface area contributed by atoms with Gasteiger partial charge in [-0.05, 0) is 25.0 Å². The van der Waals surface area contributed by atoms with Crippen LogP contribution in [0, 0.1) is 5.92 Å². The summed E-state index contributed by atoms with van der Waals surface area (Å²) in [6.45, 7) is 0. The Hall–Kier alpha value is -1.79. The molecule has 1 unspecified atom stereocenters. The second kappa shape index (κ2) is 6.84. The summed E-state index contributed by atoms with van der Waals surface area (Å²) in [5, 5.41) is 2.99. The number of anilines is 1. The Morgan fingerprint density at radius 3 is 2.48 bits per heavy atom. The molecule has 1 aromatic rings. The minimum Gasteiger partial charge on any atom is -0.443 e. The largest absolute Gasteiger partial charge is 0.443 e. The van der Waals surface area contributed by atoms with Gasteiger partial charge in [-0.2, -0.15) is 0 Å². The summed E-state index contributed by atoms with van der Waals surface area (Å²) in [4.78, 5) is 37.0. The fraction of sp³-hybridized carbons (Fsp3) is 0.471. The van der Waals surface area contributed by atoms with E-state index >= 15 is 0 Å². The third-order valence-electron chi connectivity index (χ3n) is 4.75. The first-order valence-corrected chi connectivity index (χ1v) is 8.92. The number of hydrogen-bond donors (Lipinski definition) is 2. The SMILES string of the molecule is NC(=O)CC1(OC(=O)C2CCCCC2)C(=O)Nc2c(Cl)ccc(Cl)c21. The van der Waals surface area contributed by atoms with Crippen molar-refractivity contribution in [2.24, 2.45) is 11.7 Å². The molecule has 0 bridgehead atoms. The van der Waals surface area contributed by atoms with Gasteiger partial charge in [0.15, 0.2) is 0 Å². The lowest BCUT2D eigenvalue weighted by Crippen LogP contribution is -2.44. The van der Waals surface area contributed by atoms with Gasteiger partial charge in [0.25, 0.3) is 5.91 Å². The minimum atomic E-state index is -1.88. The molecule has 1 aliphatic heterocycles. The number of halogens is 2. The summed E-state index contributed by atoms with van der Waals surface area (Å²) >= 11 is 12.4. The molecule has 0 radical (unpaired) electrons. The minimum absolute atomic E-state index is 0.176. The number of nitrogens with one attached hydrogen (secondary N) is 1. The van der Waals surface area contributed by atoms with Crippen LogP contribution >= 0.6 is 23.2 Å². The summed E-state index contributed by atoms with van der Waals surface area (Å²) in [5.41, 5.74) is 3.89. The molecular formula is C17H18Cl2N2O4. The summed E-state index contributed by atoms with van der Waals surface area (Å²) in [7, 11) is 0. The maximum atomic E-state index is 12.7. The highest BCUT2D eigenvalue weighted by atomic mass is 35.5. The van der Waals surface area contributed by atoms with E-state index in [2.05, 4.69) is 5.32 Å². The summed E-state index contributed by atoms with van der Waals surface area (Å²) in [6, 6.07) is 3.01. The van der Waals surface area contributed by atoms with E-state index in [1.807, 2.05) is 0 Å². The zero-order chi connectivity index (χ0) is 18.2. The van der Waals surface area contributed by atoms with Crippen LogP contribution in [-0.2, 0) is 24.7 Å². The molecular weight excluding hydrogens is 367 g/mol. The molecule has 0 aromatic heterocycles. The van der Waals surface area contributed by atoms with Crippen LogP contribution < -0.4 is 11.1 Å². The molecule has 2 aliphatic rings. The molecule has 1 aliphatic carbocycles. The molecule has 1 heterocycles. The zero-order valence-electron chi connectivity index (χ0n) is 13.4. The van der Waals surface area contributed by atoms with Crippen LogP contribution in [0.2, 0.25) is 10.0 Å². The molecule has 2 amide bonds. The second-order valence-electron chi connectivity index (χ2n) is 6.46. The molecule has 1 atom stereocenters. The maximum Gasteiger partial charge on any atom is 0.310 e. The van der Waals surface area contributed by atoms with Crippen LogP contribution in [0.1, 0.15) is 44.1 Å². The molecule has 0 saturated heterocycles. The standard InChI is InChI=1S/C17H18Cl2N2O4/c18-10-6-7-11(19)14-13(10)17(8-12(20)22,16(24)21-14)25-15(23)9-4-2-1-3-5-9/h6-7,9H,1-5,8H2,(H2,20,22)(H,21,24). The van der Waals surface area contributed by atoms with Crippen LogP contribution in [0.4, 0.5) is 5.69 Å². The van der Waals surface area contributed by atoms with Gasteiger partial charge in [0.1, 0.15) is 0 Å². The van der Waals surface area contributed by atoms with Crippen molar-refractivity contribution in [1.82, 2.24) is 0 Å². The van der Waals surface area contributed by atoms with E-state index in [-0.39, 0.29) is 27.2 Å². The molecule has 1 saturated carbocycles. The molecule has 8 heteroatoms. The number of rotatable bonds is 4. The van der Waals surface area contributed by atoms with Crippen molar-refractivity contribution < 1.29 is 19.1 Å². The summed E-state index contributed by atoms with van der Waals surface area (Å²) < 4.78 is 5.63. The number of fused-ring (bicyclic) bond motifs is 1. The summed E-state index contributed by atoms with van der Waals surface area (Å²) in [6.07, 6.45) is 3.83. The Labute approximate surface area is 155 Å². The number of nitrogens with two attached hydrogens (primary N) is 1. The lowest BCUT2D eigenvalue weighted by Gasteiger charge is -2.30. The van der Waals surface area contributed by atoms with Gasteiger partial charge in [0.2, 0.25) is 11.5 Å². The highest BCUT2D eigenvalue weighted by Gasteiger charge is 2.54. The van der Waals surface area contributed by atoms with Crippen LogP contribution in [-0.4, -0.2) is 17.8 Å². The van der Waals surface area contributed by atoms with Crippen molar-refractivity contribution in [2.75, 3.05) is 5.32 Å². The Bertz CT molecular complexity index is 746. The van der Waals surface area contributed by atoms with Gasteiger partial charge in [-0.15, -0.1) is 0 Å². The van der Waals surface area contributed by atoms with Gasteiger partial charge in [0, 0.05) is 5.56 Å². The summed E-state index contributed by atoms with van der Waals surface area (Å²) in [5.74, 6) is -2.26. The van der Waals surface area contributed by atoms with Gasteiger partial charge in [-0.1, -0.05) is 42.5 Å². The van der Waals surface area contributed by atoms with Crippen molar-refractivity contribution in [3.63, 3.8) is 0 Å². The average Bonchev–Trinajstić information content (AvgIpc) is 2.85. The third-order valence-corrected chi connectivity index (χ3v) is 5.38. The average molecular weight is 385 g/mol. The molecule has 1 aromatic carbocycles. The number of carbonyl (C=O) groups excluding carboxylic acids is 3. The van der Waals surface area contributed by atoms with E-state index in [0.717, 1.165) is 19.3 Å². The fourth-order valence-corrected chi connectivity index (χ4v) is 4.05. The first-order valence-electron chi connectivity index (χ1n) is 8.16. The Morgan fingerprint density at radius 2 is 1.84 bits per heavy atom. The number of amides is 2. The van der Waals surface area contributed by atoms with Gasteiger partial charge < -0.3 is 15.8 Å². The van der Waals surface area contributed by atoms with Crippen molar-refractivity contribution >= 4 is 46.7 Å². The van der Waals surface area contributed by atoms with E-state index in [1.54, 1.807) is 0 Å². The van der Waals surface area contributed by atoms with Gasteiger partial charge in [0.05, 0.1) is 28.1 Å². The van der Waals surface area contributed by atoms with E-state index in [9.17, 15) is 14.4 Å². The van der Waals surface area contributed by atoms with Crippen LogP contribution in [0.25, 0.3) is 0 Å². The molecule has 3 rings (SSSR count). The number of ether oxygens (including phenoxy) is 1. The highest BCUT2D eigenvalue weighted by Crippen LogP contribution is 2.48. The van der Waals surface area contributed by atoms with E-state index in [1.165, 1.54) is 12.1 Å². The third kappa shape index (κ3) is 3.20. The number of primary amides is 1. The molecule has 6 nitrogen and oxygen atoms in total. The van der Waals surface area contributed by atoms with Crippen LogP contribution in [0.3, 0.4) is 0 Å². The normalized spacial score (nSPS) is 23.0. The fourth-order valence-electron chi connectivity index (χ4n) is 3.54. The first kappa shape index (κ1) is 18.0. The number of hydrogen-bond acceptors (Lipinski definition) is 4. The smallest absolute Gasteiger partial charge is 0.310 e. The van der Waals surface area contributed by atoms with E-state index < -0.39 is 29.8 Å². The lowest BCUT2D eigenvalue weighted by molar-refractivity contribution is -0.173. The molecule has 0 spiro atoms. The van der Waals surface area contributed by atoms with E-state index in [0.29, 0.717) is 12.8 Å². The maximum absolute atomic E-state index is 12.7. The Morgan fingerprint density at radius 1 is 1.20 bits per heavy atom. The van der Waals surface area contributed by atoms with Gasteiger partial charge in [-0.25, -0.2) is 0 Å². The van der Waals surface area contributed by atoms with Crippen molar-refractivity contribution in [1.29, 1.82) is 0 Å². The second-order valence-corrected chi connectivity index (χ2v) is 7.27. The van der Waals surface area contributed by atoms with Crippen molar-refractivity contribution in [3.8, 4) is 0 Å². The topological polar surface area (TPSA) is 98.5 Å². The van der Waals surface area contributed by atoms with Crippen molar-refractivity contribution in [3.05, 3.63) is 27.7 Å². The monoisotopic (exact) mass is 384 g/mol. The quantitative estimate of drug-likeness (QED) is 0.778. The van der Waals surface area contributed by atoms with Gasteiger partial charge >= 0.3 is 5.97 Å². The number of benzene rings is 1. The predicted octanol–water partition coefficient (Wildman–Crippen LogP) is 3.14. The molecule has 3 N–H and O–H groups in total. The Kier molecular flexibility index (Phi) is 4.93. The van der Waals surface area contributed by atoms with Crippen molar-refractivity contribution in [2.45, 2.75) is 44.1 Å². The Balaban J connectivity index is 2.03. The first-order chi connectivity index (χ1) is 11.8. The number of esters is 1. The molecule has 1 fully saturated rings. The van der Waals surface area contributed by atoms with E-state index in [4.69, 9.17) is 33.7 Å². The zero-order valence-corrected chi connectivity index (χ0v) is 15.0. The van der Waals surface area contributed by atoms with Gasteiger partial charge in [-0.3, -0.25) is 14.4 Å². The number of carbonyl (C=O) groups is 3.